The molecule has 0 atom stereocenters. The molecule has 0 aliphatic carbocycles. The minimum atomic E-state index is 0.923. The molecule has 0 bridgehead atoms. The first-order valence-electron chi connectivity index (χ1n) is 14.4. The maximum Gasteiger partial charge on any atom is 0.165 e. The normalized spacial score (nSPS) is 12.7. The molecule has 0 aliphatic heterocycles. The zero-order valence-corrected chi connectivity index (χ0v) is 24.3. The highest BCUT2D eigenvalue weighted by Gasteiger charge is 2.24. The molecule has 0 spiro atoms. The Morgan fingerprint density at radius 3 is 1.98 bits per heavy atom. The van der Waals surface area contributed by atoms with Crippen LogP contribution >= 0.6 is 22.7 Å². The zero-order chi connectivity index (χ0) is 27.8. The average molecular weight is 582 g/mol. The molecule has 0 amide bonds. The van der Waals surface area contributed by atoms with Gasteiger partial charge in [0.2, 0.25) is 0 Å². The van der Waals surface area contributed by atoms with Crippen molar-refractivity contribution in [1.82, 2.24) is 14.4 Å². The molecule has 5 aromatic heterocycles. The van der Waals surface area contributed by atoms with Crippen molar-refractivity contribution in [2.75, 3.05) is 0 Å². The van der Waals surface area contributed by atoms with Crippen molar-refractivity contribution in [2.24, 2.45) is 0 Å². The summed E-state index contributed by atoms with van der Waals surface area (Å²) in [5.74, 6) is 0. The van der Waals surface area contributed by atoms with Crippen molar-refractivity contribution in [3.05, 3.63) is 115 Å². The molecular formula is C38H19N3S2. The predicted octanol–water partition coefficient (Wildman–Crippen LogP) is 11.2. The second-order valence-corrected chi connectivity index (χ2v) is 13.5. The van der Waals surface area contributed by atoms with Gasteiger partial charge in [0, 0.05) is 56.5 Å². The molecule has 0 unspecified atom stereocenters. The smallest absolute Gasteiger partial charge is 0.165 e. The summed E-state index contributed by atoms with van der Waals surface area (Å²) >= 11 is 3.75. The molecule has 11 aromatic rings. The van der Waals surface area contributed by atoms with E-state index in [4.69, 9.17) is 9.97 Å². The maximum absolute atomic E-state index is 5.25. The van der Waals surface area contributed by atoms with E-state index in [0.717, 1.165) is 22.2 Å². The van der Waals surface area contributed by atoms with Gasteiger partial charge in [-0.3, -0.25) is 4.40 Å². The molecule has 3 nitrogen and oxygen atoms in total. The minimum absolute atomic E-state index is 0.923. The molecule has 5 heterocycles. The van der Waals surface area contributed by atoms with Crippen molar-refractivity contribution < 1.29 is 0 Å². The Morgan fingerprint density at radius 2 is 1.12 bits per heavy atom. The fraction of sp³-hybridized carbons (Fsp3) is 0. The quantitative estimate of drug-likeness (QED) is 0.193. The first-order valence-corrected chi connectivity index (χ1v) is 16.1. The fourth-order valence-corrected chi connectivity index (χ4v) is 9.57. The molecule has 0 saturated heterocycles. The van der Waals surface area contributed by atoms with E-state index in [1.165, 1.54) is 78.7 Å². The maximum atomic E-state index is 5.25. The van der Waals surface area contributed by atoms with Crippen LogP contribution in [-0.2, 0) is 0 Å². The lowest BCUT2D eigenvalue weighted by molar-refractivity contribution is 1.28. The first-order chi connectivity index (χ1) is 21.3. The van der Waals surface area contributed by atoms with Crippen molar-refractivity contribution >= 4 is 112 Å². The third-order valence-electron chi connectivity index (χ3n) is 9.11. The Morgan fingerprint density at radius 1 is 0.465 bits per heavy atom. The standard InChI is InChI=1S/C38H19N3S2/c1-5-11-29-22(7-1)26-19-33-34(35-36-38(41(29)37(26)35)40-28-10-4-3-9-27(28)39-36)25-16-14-21(18-32(25)43-33)20-13-15-24-23-8-2-6-12-30(23)42-31(24)17-20/h1-19H. The van der Waals surface area contributed by atoms with E-state index < -0.39 is 0 Å². The summed E-state index contributed by atoms with van der Waals surface area (Å²) in [5.41, 5.74) is 8.68. The highest BCUT2D eigenvalue weighted by atomic mass is 32.1. The molecule has 0 aliphatic rings. The fourth-order valence-electron chi connectivity index (χ4n) is 7.23. The molecular weight excluding hydrogens is 563 g/mol. The van der Waals surface area contributed by atoms with E-state index in [9.17, 15) is 0 Å². The summed E-state index contributed by atoms with van der Waals surface area (Å²) in [4.78, 5) is 10.4. The summed E-state index contributed by atoms with van der Waals surface area (Å²) in [6.07, 6.45) is 0. The van der Waals surface area contributed by atoms with Gasteiger partial charge in [0.15, 0.2) is 5.65 Å². The first kappa shape index (κ1) is 22.5. The van der Waals surface area contributed by atoms with Gasteiger partial charge < -0.3 is 0 Å². The molecule has 6 aromatic carbocycles. The molecule has 5 heteroatoms. The summed E-state index contributed by atoms with van der Waals surface area (Å²) in [6.45, 7) is 0. The van der Waals surface area contributed by atoms with E-state index in [1.54, 1.807) is 0 Å². The van der Waals surface area contributed by atoms with Crippen LogP contribution in [0.4, 0.5) is 0 Å². The Kier molecular flexibility index (Phi) is 4.10. The Hall–Kier alpha value is -5.10. The Bertz CT molecular complexity index is 2960. The van der Waals surface area contributed by atoms with Gasteiger partial charge in [-0.2, -0.15) is 0 Å². The number of rotatable bonds is 1. The van der Waals surface area contributed by atoms with Crippen molar-refractivity contribution in [1.29, 1.82) is 0 Å². The van der Waals surface area contributed by atoms with E-state index in [1.807, 2.05) is 34.8 Å². The number of para-hydroxylation sites is 3. The summed E-state index contributed by atoms with van der Waals surface area (Å²) < 4.78 is 7.60. The van der Waals surface area contributed by atoms with Gasteiger partial charge in [0.25, 0.3) is 0 Å². The van der Waals surface area contributed by atoms with Gasteiger partial charge in [-0.15, -0.1) is 22.7 Å². The molecule has 0 radical (unpaired) electrons. The number of thiophene rings is 2. The lowest BCUT2D eigenvalue weighted by Gasteiger charge is -2.03. The number of hydrogen-bond acceptors (Lipinski definition) is 4. The largest absolute Gasteiger partial charge is 0.291 e. The molecule has 0 saturated carbocycles. The topological polar surface area (TPSA) is 30.2 Å². The minimum Gasteiger partial charge on any atom is -0.291 e. The third-order valence-corrected chi connectivity index (χ3v) is 11.3. The van der Waals surface area contributed by atoms with Crippen molar-refractivity contribution in [2.45, 2.75) is 0 Å². The van der Waals surface area contributed by atoms with E-state index in [-0.39, 0.29) is 0 Å². The van der Waals surface area contributed by atoms with Crippen LogP contribution < -0.4 is 0 Å². The van der Waals surface area contributed by atoms with Crippen LogP contribution in [0.15, 0.2) is 115 Å². The second-order valence-electron chi connectivity index (χ2n) is 11.4. The molecule has 0 fully saturated rings. The van der Waals surface area contributed by atoms with Crippen molar-refractivity contribution in [3.8, 4) is 11.1 Å². The number of hydrogen-bond donors (Lipinski definition) is 0. The van der Waals surface area contributed by atoms with Gasteiger partial charge in [-0.05, 0) is 53.6 Å². The van der Waals surface area contributed by atoms with Crippen molar-refractivity contribution in [3.63, 3.8) is 0 Å². The highest BCUT2D eigenvalue weighted by Crippen LogP contribution is 2.48. The molecule has 0 N–H and O–H groups in total. The van der Waals surface area contributed by atoms with Crippen LogP contribution in [0, 0.1) is 0 Å². The summed E-state index contributed by atoms with van der Waals surface area (Å²) in [6, 6.07) is 41.9. The molecule has 43 heavy (non-hydrogen) atoms. The van der Waals surface area contributed by atoms with E-state index >= 15 is 0 Å². The predicted molar refractivity (Wildman–Crippen MR) is 185 cm³/mol. The SMILES string of the molecule is c1ccc2nc3c(nc2c1)c1c2c(cc4c5ccccc5n3c41)sc1cc(-c3ccc4c(c3)sc3ccccc34)ccc12. The summed E-state index contributed by atoms with van der Waals surface area (Å²) in [7, 11) is 0. The van der Waals surface area contributed by atoms with Gasteiger partial charge in [0.05, 0.1) is 22.1 Å². The Labute approximate surface area is 252 Å². The Balaban J connectivity index is 1.24. The van der Waals surface area contributed by atoms with E-state index in [0.29, 0.717) is 0 Å². The van der Waals surface area contributed by atoms with Crippen LogP contribution in [0.25, 0.3) is 101 Å². The number of aromatic nitrogens is 3. The van der Waals surface area contributed by atoms with Gasteiger partial charge in [0.1, 0.15) is 5.52 Å². The van der Waals surface area contributed by atoms with E-state index in [2.05, 4.69) is 108 Å². The number of nitrogens with zero attached hydrogens (tertiary/aromatic N) is 3. The van der Waals surface area contributed by atoms with Gasteiger partial charge in [-0.1, -0.05) is 72.8 Å². The van der Waals surface area contributed by atoms with Crippen LogP contribution in [0.2, 0.25) is 0 Å². The van der Waals surface area contributed by atoms with Crippen LogP contribution in [0.5, 0.6) is 0 Å². The average Bonchev–Trinajstić information content (AvgIpc) is 3.78. The number of benzene rings is 6. The molecule has 198 valence electrons. The summed E-state index contributed by atoms with van der Waals surface area (Å²) in [5, 5.41) is 8.98. The van der Waals surface area contributed by atoms with Gasteiger partial charge in [-0.25, -0.2) is 9.97 Å². The lowest BCUT2D eigenvalue weighted by Crippen LogP contribution is -1.88. The zero-order valence-electron chi connectivity index (χ0n) is 22.6. The monoisotopic (exact) mass is 581 g/mol. The lowest BCUT2D eigenvalue weighted by atomic mass is 10.0. The van der Waals surface area contributed by atoms with Crippen LogP contribution in [0.1, 0.15) is 0 Å². The van der Waals surface area contributed by atoms with Crippen LogP contribution in [0.3, 0.4) is 0 Å². The number of fused-ring (bicyclic) bond motifs is 14. The van der Waals surface area contributed by atoms with Crippen LogP contribution in [-0.4, -0.2) is 14.4 Å². The second kappa shape index (κ2) is 7.84. The third kappa shape index (κ3) is 2.84. The molecule has 11 rings (SSSR count). The van der Waals surface area contributed by atoms with Gasteiger partial charge >= 0.3 is 0 Å². The highest BCUT2D eigenvalue weighted by molar-refractivity contribution is 7.26.